The van der Waals surface area contributed by atoms with Gasteiger partial charge in [0.05, 0.1) is 17.8 Å². The number of thiocarbonyl (C=S) groups is 1. The Morgan fingerprint density at radius 1 is 1.11 bits per heavy atom. The van der Waals surface area contributed by atoms with E-state index in [9.17, 15) is 0 Å². The summed E-state index contributed by atoms with van der Waals surface area (Å²) in [6, 6.07) is 16.8. The van der Waals surface area contributed by atoms with Gasteiger partial charge in [-0.1, -0.05) is 6.07 Å². The lowest BCUT2D eigenvalue weighted by Crippen LogP contribution is -2.29. The van der Waals surface area contributed by atoms with Gasteiger partial charge in [-0.15, -0.1) is 11.3 Å². The standard InChI is InChI=1S/C21H22N4S2/c1-14-11-13-27-20(14)19-18(17-6-4-5-12-22-17)23-21(26)25(19)16-9-7-15(8-10-16)24(2)3/h4-13,18-19H,1-3H3,(H,23,26)/t18-,19+/m1/s1. The van der Waals surface area contributed by atoms with Crippen LogP contribution in [0.5, 0.6) is 0 Å². The fraction of sp³-hybridized carbons (Fsp3) is 0.238. The first-order valence-corrected chi connectivity index (χ1v) is 10.2. The number of pyridine rings is 1. The first-order chi connectivity index (χ1) is 13.1. The number of thiophene rings is 1. The van der Waals surface area contributed by atoms with Gasteiger partial charge < -0.3 is 15.1 Å². The van der Waals surface area contributed by atoms with Crippen molar-refractivity contribution in [3.05, 3.63) is 76.2 Å². The van der Waals surface area contributed by atoms with E-state index in [1.807, 2.05) is 32.4 Å². The highest BCUT2D eigenvalue weighted by molar-refractivity contribution is 7.80. The topological polar surface area (TPSA) is 31.4 Å². The summed E-state index contributed by atoms with van der Waals surface area (Å²) in [5, 5.41) is 6.40. The molecule has 0 unspecified atom stereocenters. The van der Waals surface area contributed by atoms with Crippen LogP contribution in [0, 0.1) is 6.92 Å². The molecule has 2 aromatic heterocycles. The first kappa shape index (κ1) is 17.9. The minimum Gasteiger partial charge on any atom is -0.378 e. The average Bonchev–Trinajstić information content (AvgIpc) is 3.25. The Balaban J connectivity index is 1.79. The van der Waals surface area contributed by atoms with Crippen molar-refractivity contribution in [3.63, 3.8) is 0 Å². The summed E-state index contributed by atoms with van der Waals surface area (Å²) in [5.74, 6) is 0. The number of aromatic nitrogens is 1. The molecule has 27 heavy (non-hydrogen) atoms. The van der Waals surface area contributed by atoms with Crippen molar-refractivity contribution in [2.24, 2.45) is 0 Å². The zero-order chi connectivity index (χ0) is 19.0. The van der Waals surface area contributed by atoms with E-state index >= 15 is 0 Å². The van der Waals surface area contributed by atoms with Gasteiger partial charge in [0.2, 0.25) is 0 Å². The van der Waals surface area contributed by atoms with Gasteiger partial charge in [-0.25, -0.2) is 0 Å². The molecule has 0 saturated carbocycles. The molecule has 6 heteroatoms. The molecule has 3 heterocycles. The molecule has 1 fully saturated rings. The van der Waals surface area contributed by atoms with Crippen molar-refractivity contribution in [1.29, 1.82) is 0 Å². The lowest BCUT2D eigenvalue weighted by atomic mass is 10.0. The maximum absolute atomic E-state index is 5.76. The molecule has 0 spiro atoms. The van der Waals surface area contributed by atoms with E-state index in [-0.39, 0.29) is 12.1 Å². The summed E-state index contributed by atoms with van der Waals surface area (Å²) < 4.78 is 0. The molecule has 1 aromatic carbocycles. The predicted octanol–water partition coefficient (Wildman–Crippen LogP) is 4.69. The van der Waals surface area contributed by atoms with E-state index < -0.39 is 0 Å². The van der Waals surface area contributed by atoms with Crippen molar-refractivity contribution in [2.45, 2.75) is 19.0 Å². The SMILES string of the molecule is Cc1ccsc1[C@@H]1[C@@H](c2ccccn2)NC(=S)N1c1ccc(N(C)C)cc1. The van der Waals surface area contributed by atoms with E-state index in [1.165, 1.54) is 16.1 Å². The lowest BCUT2D eigenvalue weighted by molar-refractivity contribution is 0.573. The lowest BCUT2D eigenvalue weighted by Gasteiger charge is -2.28. The summed E-state index contributed by atoms with van der Waals surface area (Å²) in [6.07, 6.45) is 1.84. The Morgan fingerprint density at radius 2 is 1.89 bits per heavy atom. The third kappa shape index (κ3) is 3.31. The molecule has 4 nitrogen and oxygen atoms in total. The number of nitrogens with zero attached hydrogens (tertiary/aromatic N) is 3. The molecule has 0 bridgehead atoms. The second kappa shape index (κ2) is 7.29. The smallest absolute Gasteiger partial charge is 0.174 e. The van der Waals surface area contributed by atoms with Crippen LogP contribution in [0.3, 0.4) is 0 Å². The van der Waals surface area contributed by atoms with Crippen LogP contribution in [-0.4, -0.2) is 24.2 Å². The van der Waals surface area contributed by atoms with Crippen LogP contribution in [0.4, 0.5) is 11.4 Å². The predicted molar refractivity (Wildman–Crippen MR) is 118 cm³/mol. The van der Waals surface area contributed by atoms with Crippen LogP contribution < -0.4 is 15.1 Å². The fourth-order valence-electron chi connectivity index (χ4n) is 3.50. The maximum Gasteiger partial charge on any atom is 0.174 e. The fourth-order valence-corrected chi connectivity index (χ4v) is 4.90. The largest absolute Gasteiger partial charge is 0.378 e. The van der Waals surface area contributed by atoms with Gasteiger partial charge >= 0.3 is 0 Å². The monoisotopic (exact) mass is 394 g/mol. The molecule has 2 atom stereocenters. The van der Waals surface area contributed by atoms with Crippen molar-refractivity contribution in [1.82, 2.24) is 10.3 Å². The molecule has 1 aliphatic heterocycles. The van der Waals surface area contributed by atoms with Crippen LogP contribution in [0.25, 0.3) is 0 Å². The third-order valence-electron chi connectivity index (χ3n) is 4.91. The van der Waals surface area contributed by atoms with Crippen LogP contribution in [-0.2, 0) is 0 Å². The quantitative estimate of drug-likeness (QED) is 0.649. The Hall–Kier alpha value is -2.44. The highest BCUT2D eigenvalue weighted by atomic mass is 32.1. The van der Waals surface area contributed by atoms with Gasteiger partial charge in [0.15, 0.2) is 5.11 Å². The van der Waals surface area contributed by atoms with E-state index in [2.05, 4.69) is 68.8 Å². The van der Waals surface area contributed by atoms with Crippen LogP contribution in [0.1, 0.15) is 28.2 Å². The average molecular weight is 395 g/mol. The number of anilines is 2. The summed E-state index contributed by atoms with van der Waals surface area (Å²) >= 11 is 7.54. The third-order valence-corrected chi connectivity index (χ3v) is 6.32. The van der Waals surface area contributed by atoms with E-state index in [0.717, 1.165) is 16.5 Å². The Bertz CT molecular complexity index is 934. The van der Waals surface area contributed by atoms with Crippen LogP contribution >= 0.6 is 23.6 Å². The summed E-state index contributed by atoms with van der Waals surface area (Å²) in [5.41, 5.74) is 4.55. The number of nitrogens with one attached hydrogen (secondary N) is 1. The summed E-state index contributed by atoms with van der Waals surface area (Å²) in [7, 11) is 4.10. The Morgan fingerprint density at radius 3 is 2.48 bits per heavy atom. The Labute approximate surface area is 169 Å². The zero-order valence-electron chi connectivity index (χ0n) is 15.6. The molecule has 0 amide bonds. The molecular weight excluding hydrogens is 372 g/mol. The van der Waals surface area contributed by atoms with Crippen LogP contribution in [0.2, 0.25) is 0 Å². The summed E-state index contributed by atoms with van der Waals surface area (Å²) in [4.78, 5) is 10.2. The summed E-state index contributed by atoms with van der Waals surface area (Å²) in [6.45, 7) is 2.16. The first-order valence-electron chi connectivity index (χ1n) is 8.88. The van der Waals surface area contributed by atoms with Gasteiger partial charge in [-0.05, 0) is 72.5 Å². The molecule has 1 aliphatic rings. The van der Waals surface area contributed by atoms with E-state index in [1.54, 1.807) is 11.3 Å². The number of hydrogen-bond acceptors (Lipinski definition) is 4. The molecule has 1 N–H and O–H groups in total. The van der Waals surface area contributed by atoms with E-state index in [0.29, 0.717) is 0 Å². The highest BCUT2D eigenvalue weighted by Gasteiger charge is 2.41. The van der Waals surface area contributed by atoms with Gasteiger partial charge in [-0.3, -0.25) is 4.98 Å². The molecule has 0 aliphatic carbocycles. The molecule has 3 aromatic rings. The van der Waals surface area contributed by atoms with Gasteiger partial charge in [0.25, 0.3) is 0 Å². The number of benzene rings is 1. The second-order valence-electron chi connectivity index (χ2n) is 6.88. The molecule has 138 valence electrons. The number of rotatable bonds is 4. The van der Waals surface area contributed by atoms with Crippen molar-refractivity contribution < 1.29 is 0 Å². The minimum absolute atomic E-state index is 0.0181. The molecule has 4 rings (SSSR count). The Kier molecular flexibility index (Phi) is 4.85. The number of hydrogen-bond donors (Lipinski definition) is 1. The van der Waals surface area contributed by atoms with Gasteiger partial charge in [0, 0.05) is 36.5 Å². The van der Waals surface area contributed by atoms with Crippen molar-refractivity contribution in [3.8, 4) is 0 Å². The maximum atomic E-state index is 5.76. The highest BCUT2D eigenvalue weighted by Crippen LogP contribution is 2.44. The zero-order valence-corrected chi connectivity index (χ0v) is 17.2. The van der Waals surface area contributed by atoms with Crippen molar-refractivity contribution >= 4 is 40.0 Å². The number of aryl methyl sites for hydroxylation is 1. The van der Waals surface area contributed by atoms with Gasteiger partial charge in [-0.2, -0.15) is 0 Å². The second-order valence-corrected chi connectivity index (χ2v) is 8.21. The normalized spacial score (nSPS) is 19.2. The molecule has 1 saturated heterocycles. The van der Waals surface area contributed by atoms with Crippen molar-refractivity contribution in [2.75, 3.05) is 23.9 Å². The van der Waals surface area contributed by atoms with E-state index in [4.69, 9.17) is 12.2 Å². The molecular formula is C21H22N4S2. The van der Waals surface area contributed by atoms with Gasteiger partial charge in [0.1, 0.15) is 0 Å². The minimum atomic E-state index is 0.0181. The molecule has 0 radical (unpaired) electrons. The van der Waals surface area contributed by atoms with Crippen LogP contribution in [0.15, 0.2) is 60.1 Å².